The minimum absolute atomic E-state index is 0.0658. The summed E-state index contributed by atoms with van der Waals surface area (Å²) in [6.07, 6.45) is 1.58. The van der Waals surface area contributed by atoms with Crippen molar-refractivity contribution in [2.24, 2.45) is 0 Å². The predicted molar refractivity (Wildman–Crippen MR) is 144 cm³/mol. The normalized spacial score (nSPS) is 12.2. The van der Waals surface area contributed by atoms with Crippen molar-refractivity contribution in [1.29, 1.82) is 5.26 Å². The summed E-state index contributed by atoms with van der Waals surface area (Å²) >= 11 is 1.00. The maximum Gasteiger partial charge on any atom is 0.273 e. The number of thiazole rings is 1. The van der Waals surface area contributed by atoms with E-state index in [1.165, 1.54) is 28.8 Å². The highest BCUT2D eigenvalue weighted by molar-refractivity contribution is 7.07. The fraction of sp³-hybridized carbons (Fsp3) is 0.107. The summed E-state index contributed by atoms with van der Waals surface area (Å²) < 4.78 is 1.79. The Labute approximate surface area is 216 Å². The van der Waals surface area contributed by atoms with Gasteiger partial charge in [-0.15, -0.1) is 11.3 Å². The summed E-state index contributed by atoms with van der Waals surface area (Å²) in [6.45, 7) is 4.14. The molecule has 8 nitrogen and oxygen atoms in total. The predicted octanol–water partition coefficient (Wildman–Crippen LogP) is 4.07. The van der Waals surface area contributed by atoms with Gasteiger partial charge in [-0.05, 0) is 59.5 Å². The Morgan fingerprint density at radius 1 is 1.05 bits per heavy atom. The van der Waals surface area contributed by atoms with Crippen LogP contribution in [0.1, 0.15) is 30.9 Å². The number of nitro groups is 1. The number of nitriles is 1. The Morgan fingerprint density at radius 2 is 1.70 bits per heavy atom. The number of para-hydroxylation sites is 1. The second-order valence-electron chi connectivity index (χ2n) is 8.46. The molecule has 1 amide bonds. The summed E-state index contributed by atoms with van der Waals surface area (Å²) in [7, 11) is 0. The van der Waals surface area contributed by atoms with E-state index in [1.807, 2.05) is 18.2 Å². The standard InChI is InChI=1S/C28H22N4O4S/c1-18(2)20-10-12-21(13-11-20)30-26(33)24(17-29)28-31(22-6-4-3-5-7-22)27(34)25(37-28)16-19-8-14-23(15-9-19)32(35)36/h3-16,18H,1-2H3,(H,30,33)/b25-16+,28-24+. The molecule has 0 radical (unpaired) electrons. The SMILES string of the molecule is CC(C)c1ccc(NC(=O)/C(C#N)=c2/s/c(=C/c3ccc([N+](=O)[O-])cc3)c(=O)n2-c2ccccc2)cc1. The fourth-order valence-corrected chi connectivity index (χ4v) is 4.75. The van der Waals surface area contributed by atoms with E-state index in [9.17, 15) is 25.0 Å². The first kappa shape index (κ1) is 25.3. The molecule has 0 aliphatic rings. The molecule has 0 spiro atoms. The number of benzene rings is 3. The zero-order chi connectivity index (χ0) is 26.5. The highest BCUT2D eigenvalue weighted by Gasteiger charge is 2.17. The van der Waals surface area contributed by atoms with Crippen LogP contribution in [-0.4, -0.2) is 15.4 Å². The van der Waals surface area contributed by atoms with Gasteiger partial charge in [-0.3, -0.25) is 24.3 Å². The number of hydrogen-bond donors (Lipinski definition) is 1. The number of carbonyl (C=O) groups is 1. The van der Waals surface area contributed by atoms with Crippen LogP contribution >= 0.6 is 11.3 Å². The number of amides is 1. The molecule has 184 valence electrons. The minimum atomic E-state index is -0.632. The molecule has 1 N–H and O–H groups in total. The van der Waals surface area contributed by atoms with Crippen LogP contribution in [0.3, 0.4) is 0 Å². The van der Waals surface area contributed by atoms with E-state index in [-0.39, 0.29) is 20.5 Å². The first-order chi connectivity index (χ1) is 17.8. The second-order valence-corrected chi connectivity index (χ2v) is 9.49. The summed E-state index contributed by atoms with van der Waals surface area (Å²) in [4.78, 5) is 37.1. The molecule has 0 aliphatic carbocycles. The lowest BCUT2D eigenvalue weighted by Gasteiger charge is -2.08. The van der Waals surface area contributed by atoms with E-state index >= 15 is 0 Å². The van der Waals surface area contributed by atoms with E-state index < -0.39 is 16.4 Å². The molecule has 9 heteroatoms. The van der Waals surface area contributed by atoms with Gasteiger partial charge in [0.25, 0.3) is 17.2 Å². The monoisotopic (exact) mass is 510 g/mol. The van der Waals surface area contributed by atoms with E-state index in [1.54, 1.807) is 48.5 Å². The second kappa shape index (κ2) is 10.8. The Kier molecular flexibility index (Phi) is 7.41. The molecule has 3 aromatic carbocycles. The van der Waals surface area contributed by atoms with Crippen LogP contribution in [0.4, 0.5) is 11.4 Å². The van der Waals surface area contributed by atoms with Crippen molar-refractivity contribution < 1.29 is 9.72 Å². The van der Waals surface area contributed by atoms with E-state index in [4.69, 9.17) is 0 Å². The van der Waals surface area contributed by atoms with Crippen LogP contribution in [0, 0.1) is 21.4 Å². The van der Waals surface area contributed by atoms with Gasteiger partial charge in [0.05, 0.1) is 15.1 Å². The van der Waals surface area contributed by atoms with Crippen LogP contribution < -0.4 is 20.1 Å². The van der Waals surface area contributed by atoms with Crippen molar-refractivity contribution >= 4 is 40.3 Å². The van der Waals surface area contributed by atoms with Gasteiger partial charge in [0, 0.05) is 17.8 Å². The third-order valence-electron chi connectivity index (χ3n) is 5.63. The van der Waals surface area contributed by atoms with Crippen molar-refractivity contribution in [2.45, 2.75) is 19.8 Å². The quantitative estimate of drug-likeness (QED) is 0.310. The highest BCUT2D eigenvalue weighted by Crippen LogP contribution is 2.18. The molecule has 37 heavy (non-hydrogen) atoms. The molecule has 0 bridgehead atoms. The Hall–Kier alpha value is -4.81. The van der Waals surface area contributed by atoms with Crippen LogP contribution in [0.2, 0.25) is 0 Å². The molecular weight excluding hydrogens is 488 g/mol. The first-order valence-electron chi connectivity index (χ1n) is 11.4. The van der Waals surface area contributed by atoms with E-state index in [0.29, 0.717) is 22.9 Å². The topological polar surface area (TPSA) is 118 Å². The van der Waals surface area contributed by atoms with Crippen molar-refractivity contribution in [3.05, 3.63) is 120 Å². The number of aromatic nitrogens is 1. The largest absolute Gasteiger partial charge is 0.321 e. The number of nitrogens with zero attached hydrogens (tertiary/aromatic N) is 3. The molecule has 0 unspecified atom stereocenters. The Bertz CT molecular complexity index is 1680. The van der Waals surface area contributed by atoms with Crippen LogP contribution in [0.15, 0.2) is 83.7 Å². The number of nitro benzene ring substituents is 1. The average Bonchev–Trinajstić information content (AvgIpc) is 3.20. The van der Waals surface area contributed by atoms with Gasteiger partial charge < -0.3 is 5.32 Å². The molecule has 1 heterocycles. The van der Waals surface area contributed by atoms with Gasteiger partial charge in [0.1, 0.15) is 10.7 Å². The average molecular weight is 511 g/mol. The van der Waals surface area contributed by atoms with Crippen molar-refractivity contribution in [3.63, 3.8) is 0 Å². The first-order valence-corrected chi connectivity index (χ1v) is 12.2. The molecule has 0 saturated heterocycles. The lowest BCUT2D eigenvalue weighted by molar-refractivity contribution is -0.384. The Morgan fingerprint density at radius 3 is 2.27 bits per heavy atom. The number of anilines is 1. The number of rotatable bonds is 6. The van der Waals surface area contributed by atoms with Gasteiger partial charge in [-0.2, -0.15) is 5.26 Å². The van der Waals surface area contributed by atoms with Crippen molar-refractivity contribution in [3.8, 4) is 11.8 Å². The summed E-state index contributed by atoms with van der Waals surface area (Å²) in [6, 6.07) is 23.8. The maximum absolute atomic E-state index is 13.5. The fourth-order valence-electron chi connectivity index (χ4n) is 3.65. The van der Waals surface area contributed by atoms with E-state index in [2.05, 4.69) is 19.2 Å². The molecule has 0 atom stereocenters. The van der Waals surface area contributed by atoms with Gasteiger partial charge in [0.2, 0.25) is 0 Å². The van der Waals surface area contributed by atoms with Gasteiger partial charge >= 0.3 is 0 Å². The molecule has 0 saturated carbocycles. The van der Waals surface area contributed by atoms with Crippen molar-refractivity contribution in [1.82, 2.24) is 4.57 Å². The number of non-ortho nitro benzene ring substituents is 1. The minimum Gasteiger partial charge on any atom is -0.321 e. The molecular formula is C28H22N4O4S. The highest BCUT2D eigenvalue weighted by atomic mass is 32.1. The van der Waals surface area contributed by atoms with E-state index in [0.717, 1.165) is 16.9 Å². The van der Waals surface area contributed by atoms with Crippen molar-refractivity contribution in [2.75, 3.05) is 5.32 Å². The molecule has 0 aliphatic heterocycles. The van der Waals surface area contributed by atoms with Gasteiger partial charge in [0.15, 0.2) is 5.57 Å². The summed E-state index contributed by atoms with van der Waals surface area (Å²) in [5.41, 5.74) is 2.04. The third kappa shape index (κ3) is 5.55. The lowest BCUT2D eigenvalue weighted by Crippen LogP contribution is -2.32. The Balaban J connectivity index is 1.86. The van der Waals surface area contributed by atoms with Crippen LogP contribution in [-0.2, 0) is 4.79 Å². The third-order valence-corrected chi connectivity index (χ3v) is 6.72. The number of hydrogen-bond acceptors (Lipinski definition) is 6. The summed E-state index contributed by atoms with van der Waals surface area (Å²) in [5, 5.41) is 23.7. The zero-order valence-electron chi connectivity index (χ0n) is 20.0. The zero-order valence-corrected chi connectivity index (χ0v) is 20.9. The lowest BCUT2D eigenvalue weighted by atomic mass is 10.0. The van der Waals surface area contributed by atoms with Crippen LogP contribution in [0.25, 0.3) is 17.3 Å². The summed E-state index contributed by atoms with van der Waals surface area (Å²) in [5.74, 6) is -0.296. The smallest absolute Gasteiger partial charge is 0.273 e. The molecule has 4 rings (SSSR count). The molecule has 0 fully saturated rings. The maximum atomic E-state index is 13.5. The molecule has 4 aromatic rings. The van der Waals surface area contributed by atoms with Gasteiger partial charge in [-0.1, -0.05) is 44.2 Å². The number of carbonyl (C=O) groups excluding carboxylic acids is 1. The van der Waals surface area contributed by atoms with Gasteiger partial charge in [-0.25, -0.2) is 0 Å². The number of nitrogens with one attached hydrogen (secondary N) is 1. The molecule has 1 aromatic heterocycles. The van der Waals surface area contributed by atoms with Crippen LogP contribution in [0.5, 0.6) is 0 Å².